The molecule has 0 spiro atoms. The molecule has 0 aromatic heterocycles. The lowest BCUT2D eigenvalue weighted by atomic mass is 10.1. The average Bonchev–Trinajstić information content (AvgIpc) is 3.22. The molecule has 1 aliphatic rings. The molecule has 0 aliphatic carbocycles. The smallest absolute Gasteiger partial charge is 0.256 e. The Labute approximate surface area is 187 Å². The van der Waals surface area contributed by atoms with E-state index in [4.69, 9.17) is 27.9 Å². The summed E-state index contributed by atoms with van der Waals surface area (Å²) in [6.45, 7) is 5.36. The zero-order chi connectivity index (χ0) is 21.7. The van der Waals surface area contributed by atoms with Crippen molar-refractivity contribution in [1.82, 2.24) is 10.2 Å². The first-order valence-corrected chi connectivity index (χ1v) is 10.8. The Bertz CT molecular complexity index is 917. The number of nitrogens with one attached hydrogen (secondary N) is 1. The molecule has 0 saturated carbocycles. The van der Waals surface area contributed by atoms with Crippen LogP contribution >= 0.6 is 23.2 Å². The summed E-state index contributed by atoms with van der Waals surface area (Å²) in [6.07, 6.45) is 1.51. The Morgan fingerprint density at radius 1 is 1.17 bits per heavy atom. The van der Waals surface area contributed by atoms with Crippen LogP contribution in [0.1, 0.15) is 48.2 Å². The number of ether oxygens (including phenoxy) is 1. The Balaban J connectivity index is 1.67. The van der Waals surface area contributed by atoms with Crippen LogP contribution in [0, 0.1) is 0 Å². The molecule has 5 nitrogen and oxygen atoms in total. The van der Waals surface area contributed by atoms with Gasteiger partial charge in [-0.2, -0.15) is 0 Å². The van der Waals surface area contributed by atoms with Gasteiger partial charge in [-0.25, -0.2) is 0 Å². The van der Waals surface area contributed by atoms with Gasteiger partial charge >= 0.3 is 0 Å². The van der Waals surface area contributed by atoms with Crippen molar-refractivity contribution >= 4 is 35.0 Å². The van der Waals surface area contributed by atoms with Crippen LogP contribution in [0.5, 0.6) is 0 Å². The summed E-state index contributed by atoms with van der Waals surface area (Å²) < 4.78 is 5.70. The molecule has 1 N–H and O–H groups in total. The molecule has 1 unspecified atom stereocenters. The van der Waals surface area contributed by atoms with Gasteiger partial charge < -0.3 is 15.0 Å². The number of carbonyl (C=O) groups excluding carboxylic acids is 2. The third-order valence-corrected chi connectivity index (χ3v) is 5.68. The molecule has 1 saturated heterocycles. The van der Waals surface area contributed by atoms with Crippen molar-refractivity contribution < 1.29 is 14.3 Å². The van der Waals surface area contributed by atoms with Crippen LogP contribution in [0.4, 0.5) is 0 Å². The zero-order valence-electron chi connectivity index (χ0n) is 17.2. The van der Waals surface area contributed by atoms with Gasteiger partial charge in [0.1, 0.15) is 6.04 Å². The molecule has 0 bridgehead atoms. The van der Waals surface area contributed by atoms with E-state index < -0.39 is 6.04 Å². The van der Waals surface area contributed by atoms with Gasteiger partial charge in [0.05, 0.1) is 23.3 Å². The van der Waals surface area contributed by atoms with Gasteiger partial charge in [0.25, 0.3) is 5.91 Å². The molecular weight excluding hydrogens is 423 g/mol. The molecule has 2 amide bonds. The minimum atomic E-state index is -0.522. The largest absolute Gasteiger partial charge is 0.374 e. The molecule has 1 heterocycles. The van der Waals surface area contributed by atoms with Gasteiger partial charge in [-0.05, 0) is 56.0 Å². The maximum atomic E-state index is 13.0. The van der Waals surface area contributed by atoms with Crippen LogP contribution in [-0.2, 0) is 22.7 Å². The van der Waals surface area contributed by atoms with Gasteiger partial charge in [-0.15, -0.1) is 0 Å². The predicted octanol–water partition coefficient (Wildman–Crippen LogP) is 4.84. The summed E-state index contributed by atoms with van der Waals surface area (Å²) in [5.41, 5.74) is 2.36. The van der Waals surface area contributed by atoms with Crippen molar-refractivity contribution in [1.29, 1.82) is 0 Å². The third kappa shape index (κ3) is 5.54. The molecule has 1 aliphatic heterocycles. The van der Waals surface area contributed by atoms with Gasteiger partial charge in [-0.3, -0.25) is 9.59 Å². The molecule has 1 atom stereocenters. The van der Waals surface area contributed by atoms with Crippen LogP contribution in [-0.4, -0.2) is 35.4 Å². The molecule has 3 rings (SSSR count). The topological polar surface area (TPSA) is 58.6 Å². The van der Waals surface area contributed by atoms with E-state index in [0.717, 1.165) is 17.5 Å². The number of nitrogens with zero attached hydrogens (tertiary/aromatic N) is 1. The number of hydrogen-bond acceptors (Lipinski definition) is 3. The van der Waals surface area contributed by atoms with Gasteiger partial charge in [0.2, 0.25) is 5.91 Å². The number of amides is 2. The Morgan fingerprint density at radius 2 is 1.90 bits per heavy atom. The highest BCUT2D eigenvalue weighted by Gasteiger charge is 2.35. The first-order valence-electron chi connectivity index (χ1n) is 10.1. The number of likely N-dealkylation sites (tertiary alicyclic amines) is 1. The Kier molecular flexibility index (Phi) is 7.75. The molecule has 2 aromatic carbocycles. The van der Waals surface area contributed by atoms with Crippen LogP contribution in [0.15, 0.2) is 42.5 Å². The highest BCUT2D eigenvalue weighted by atomic mass is 35.5. The fraction of sp³-hybridized carbons (Fsp3) is 0.391. The maximum absolute atomic E-state index is 13.0. The Hall–Kier alpha value is -2.08. The SMILES string of the molecule is CC(C)OCc1ccccc1CNC(=O)C1CCCN1C(=O)c1cc(Cl)ccc1Cl. The highest BCUT2D eigenvalue weighted by Crippen LogP contribution is 2.26. The summed E-state index contributed by atoms with van der Waals surface area (Å²) in [7, 11) is 0. The lowest BCUT2D eigenvalue weighted by Gasteiger charge is -2.24. The summed E-state index contributed by atoms with van der Waals surface area (Å²) in [6, 6.07) is 12.1. The van der Waals surface area contributed by atoms with E-state index in [1.54, 1.807) is 23.1 Å². The number of hydrogen-bond donors (Lipinski definition) is 1. The summed E-state index contributed by atoms with van der Waals surface area (Å²) >= 11 is 12.2. The van der Waals surface area contributed by atoms with Gasteiger partial charge in [-0.1, -0.05) is 47.5 Å². The van der Waals surface area contributed by atoms with E-state index in [2.05, 4.69) is 5.32 Å². The first-order chi connectivity index (χ1) is 14.4. The average molecular weight is 449 g/mol. The first kappa shape index (κ1) is 22.6. The van der Waals surface area contributed by atoms with E-state index in [0.29, 0.717) is 41.7 Å². The molecule has 7 heteroatoms. The summed E-state index contributed by atoms with van der Waals surface area (Å²) in [4.78, 5) is 27.5. The molecule has 0 radical (unpaired) electrons. The number of rotatable bonds is 7. The fourth-order valence-electron chi connectivity index (χ4n) is 3.53. The van der Waals surface area contributed by atoms with Crippen LogP contribution in [0.2, 0.25) is 10.0 Å². The van der Waals surface area contributed by atoms with Crippen LogP contribution in [0.25, 0.3) is 0 Å². The molecular formula is C23H26Cl2N2O3. The second kappa shape index (κ2) is 10.3. The second-order valence-electron chi connectivity index (χ2n) is 7.63. The highest BCUT2D eigenvalue weighted by molar-refractivity contribution is 6.35. The molecule has 30 heavy (non-hydrogen) atoms. The molecule has 2 aromatic rings. The van der Waals surface area contributed by atoms with Crippen LogP contribution in [0.3, 0.4) is 0 Å². The van der Waals surface area contributed by atoms with Crippen molar-refractivity contribution in [3.63, 3.8) is 0 Å². The van der Waals surface area contributed by atoms with E-state index in [-0.39, 0.29) is 17.9 Å². The third-order valence-electron chi connectivity index (χ3n) is 5.12. The molecule has 1 fully saturated rings. The van der Waals surface area contributed by atoms with Crippen LogP contribution < -0.4 is 5.32 Å². The lowest BCUT2D eigenvalue weighted by Crippen LogP contribution is -2.45. The predicted molar refractivity (Wildman–Crippen MR) is 119 cm³/mol. The minimum absolute atomic E-state index is 0.129. The van der Waals surface area contributed by atoms with Crippen molar-refractivity contribution in [2.45, 2.75) is 52.0 Å². The van der Waals surface area contributed by atoms with Crippen molar-refractivity contribution in [2.75, 3.05) is 6.54 Å². The standard InChI is InChI=1S/C23H26Cl2N2O3/c1-15(2)30-14-17-7-4-3-6-16(17)13-26-22(28)21-8-5-11-27(21)23(29)19-12-18(24)9-10-20(19)25/h3-4,6-7,9-10,12,15,21H,5,8,11,13-14H2,1-2H3,(H,26,28). The lowest BCUT2D eigenvalue weighted by molar-refractivity contribution is -0.125. The molecule has 160 valence electrons. The summed E-state index contributed by atoms with van der Waals surface area (Å²) in [5.74, 6) is -0.440. The van der Waals surface area contributed by atoms with Crippen molar-refractivity contribution in [2.24, 2.45) is 0 Å². The number of halogens is 2. The van der Waals surface area contributed by atoms with E-state index in [1.807, 2.05) is 38.1 Å². The fourth-order valence-corrected chi connectivity index (χ4v) is 3.90. The normalized spacial score (nSPS) is 16.2. The van der Waals surface area contributed by atoms with Crippen molar-refractivity contribution in [3.05, 3.63) is 69.2 Å². The van der Waals surface area contributed by atoms with Gasteiger partial charge in [0.15, 0.2) is 0 Å². The summed E-state index contributed by atoms with van der Waals surface area (Å²) in [5, 5.41) is 3.75. The zero-order valence-corrected chi connectivity index (χ0v) is 18.7. The minimum Gasteiger partial charge on any atom is -0.374 e. The van der Waals surface area contributed by atoms with E-state index >= 15 is 0 Å². The monoisotopic (exact) mass is 448 g/mol. The Morgan fingerprint density at radius 3 is 2.63 bits per heavy atom. The quantitative estimate of drug-likeness (QED) is 0.658. The maximum Gasteiger partial charge on any atom is 0.256 e. The number of benzene rings is 2. The number of carbonyl (C=O) groups is 2. The van der Waals surface area contributed by atoms with E-state index in [9.17, 15) is 9.59 Å². The van der Waals surface area contributed by atoms with E-state index in [1.165, 1.54) is 0 Å². The van der Waals surface area contributed by atoms with Gasteiger partial charge in [0, 0.05) is 18.1 Å². The second-order valence-corrected chi connectivity index (χ2v) is 8.47. The van der Waals surface area contributed by atoms with Crippen molar-refractivity contribution in [3.8, 4) is 0 Å².